The zero-order valence-corrected chi connectivity index (χ0v) is 45.7. The third kappa shape index (κ3) is 5.77. The van der Waals surface area contributed by atoms with E-state index in [-0.39, 0.29) is 0 Å². The molecule has 0 radical (unpaired) electrons. The Morgan fingerprint density at radius 2 is 0.518 bits per heavy atom. The highest BCUT2D eigenvalue weighted by Crippen LogP contribution is 2.67. The van der Waals surface area contributed by atoms with Gasteiger partial charge in [-0.05, 0) is 134 Å². The highest BCUT2D eigenvalue weighted by atomic mass is 32.1. The first-order chi connectivity index (χ1) is 41.2. The Kier molecular flexibility index (Phi) is 9.11. The van der Waals surface area contributed by atoms with E-state index in [1.54, 1.807) is 0 Å². The highest BCUT2D eigenvalue weighted by molar-refractivity contribution is 7.21. The van der Waals surface area contributed by atoms with Crippen molar-refractivity contribution in [1.82, 2.24) is 9.97 Å². The van der Waals surface area contributed by atoms with Crippen molar-refractivity contribution in [2.45, 2.75) is 10.8 Å². The van der Waals surface area contributed by atoms with Crippen molar-refractivity contribution >= 4 is 54.9 Å². The van der Waals surface area contributed by atoms with Crippen LogP contribution < -0.4 is 0 Å². The molecule has 2 aromatic heterocycles. The fourth-order valence-electron chi connectivity index (χ4n) is 15.9. The molecule has 0 saturated carbocycles. The molecule has 83 heavy (non-hydrogen) atoms. The zero-order chi connectivity index (χ0) is 54.1. The molecular formula is C80H46N2S. The van der Waals surface area contributed by atoms with E-state index in [0.717, 1.165) is 53.4 Å². The van der Waals surface area contributed by atoms with Gasteiger partial charge in [-0.15, -0.1) is 11.3 Å². The molecule has 0 saturated heterocycles. The van der Waals surface area contributed by atoms with Gasteiger partial charge < -0.3 is 0 Å². The van der Waals surface area contributed by atoms with Crippen LogP contribution >= 0.6 is 11.3 Å². The predicted molar refractivity (Wildman–Crippen MR) is 344 cm³/mol. The molecule has 13 aromatic carbocycles. The van der Waals surface area contributed by atoms with E-state index in [0.29, 0.717) is 0 Å². The quantitative estimate of drug-likeness (QED) is 0.164. The number of rotatable bonds is 4. The van der Waals surface area contributed by atoms with Crippen molar-refractivity contribution in [2.75, 3.05) is 0 Å². The predicted octanol–water partition coefficient (Wildman–Crippen LogP) is 20.5. The molecule has 382 valence electrons. The number of nitrogens with zero attached hydrogens (tertiary/aromatic N) is 2. The maximum atomic E-state index is 6.12. The second-order valence-electron chi connectivity index (χ2n) is 22.9. The molecule has 4 aliphatic carbocycles. The molecule has 0 bridgehead atoms. The highest BCUT2D eigenvalue weighted by Gasteiger charge is 2.54. The lowest BCUT2D eigenvalue weighted by molar-refractivity contribution is 0.794. The van der Waals surface area contributed by atoms with Crippen LogP contribution in [0.2, 0.25) is 0 Å². The second-order valence-corrected chi connectivity index (χ2v) is 23.9. The van der Waals surface area contributed by atoms with Gasteiger partial charge in [0, 0.05) is 21.9 Å². The number of hydrogen-bond donors (Lipinski definition) is 0. The summed E-state index contributed by atoms with van der Waals surface area (Å²) in [6.45, 7) is 0. The number of thiophene rings is 1. The van der Waals surface area contributed by atoms with Crippen LogP contribution in [0.15, 0.2) is 279 Å². The van der Waals surface area contributed by atoms with Gasteiger partial charge in [0.15, 0.2) is 0 Å². The minimum absolute atomic E-state index is 0.500. The third-order valence-corrected chi connectivity index (χ3v) is 20.4. The lowest BCUT2D eigenvalue weighted by Crippen LogP contribution is -2.25. The first-order valence-corrected chi connectivity index (χ1v) is 29.6. The van der Waals surface area contributed by atoms with E-state index in [1.165, 1.54) is 122 Å². The van der Waals surface area contributed by atoms with Crippen LogP contribution in [0.25, 0.3) is 131 Å². The normalized spacial score (nSPS) is 14.0. The van der Waals surface area contributed by atoms with Crippen molar-refractivity contribution in [1.29, 1.82) is 0 Å². The van der Waals surface area contributed by atoms with Crippen LogP contribution in [0.1, 0.15) is 44.5 Å². The Hall–Kier alpha value is -10.3. The molecule has 2 spiro atoms. The minimum atomic E-state index is -0.500. The van der Waals surface area contributed by atoms with Crippen molar-refractivity contribution in [2.24, 2.45) is 0 Å². The Labute approximate surface area is 484 Å². The van der Waals surface area contributed by atoms with Crippen LogP contribution in [0.5, 0.6) is 0 Å². The summed E-state index contributed by atoms with van der Waals surface area (Å²) in [5.74, 6) is 0. The summed E-state index contributed by atoms with van der Waals surface area (Å²) in [6, 6.07) is 104. The summed E-state index contributed by atoms with van der Waals surface area (Å²) in [4.78, 5) is 14.5. The van der Waals surface area contributed by atoms with Crippen LogP contribution in [-0.4, -0.2) is 9.97 Å². The number of benzene rings is 13. The summed E-state index contributed by atoms with van der Waals surface area (Å²) >= 11 is 1.86. The monoisotopic (exact) mass is 1070 g/mol. The van der Waals surface area contributed by atoms with Gasteiger partial charge in [0.1, 0.15) is 11.0 Å². The van der Waals surface area contributed by atoms with Gasteiger partial charge in [0.25, 0.3) is 0 Å². The van der Waals surface area contributed by atoms with Gasteiger partial charge in [0.2, 0.25) is 0 Å². The van der Waals surface area contributed by atoms with E-state index >= 15 is 0 Å². The van der Waals surface area contributed by atoms with Gasteiger partial charge >= 0.3 is 0 Å². The van der Waals surface area contributed by atoms with Crippen LogP contribution in [0.4, 0.5) is 0 Å². The molecule has 3 heteroatoms. The largest absolute Gasteiger partial charge is 0.242 e. The third-order valence-electron chi connectivity index (χ3n) is 19.1. The molecule has 2 heterocycles. The molecule has 0 amide bonds. The van der Waals surface area contributed by atoms with E-state index in [4.69, 9.17) is 9.97 Å². The Morgan fingerprint density at radius 3 is 0.892 bits per heavy atom. The molecule has 4 aliphatic rings. The molecule has 0 aliphatic heterocycles. The van der Waals surface area contributed by atoms with E-state index in [1.807, 2.05) is 11.3 Å². The fraction of sp³-hybridized carbons (Fsp3) is 0.0250. The van der Waals surface area contributed by atoms with Crippen LogP contribution in [0.3, 0.4) is 0 Å². The summed E-state index contributed by atoms with van der Waals surface area (Å²) in [5, 5.41) is 4.49. The average molecular weight is 1070 g/mol. The Morgan fingerprint density at radius 1 is 0.217 bits per heavy atom. The molecule has 15 aromatic rings. The molecule has 0 unspecified atom stereocenters. The zero-order valence-electron chi connectivity index (χ0n) is 44.9. The molecule has 19 rings (SSSR count). The SMILES string of the molecule is c1ccc(-c2ccc3c(c2)c2cc(-c4ccccc4)ccc2c2nc4c(-c5cccc6c5-c5ccccc5C65c6ccccc6-c6ccccc65)sc(-c5cccc6c5-c5ccccc5C65c6ccccc6-c6ccccc65)c4nc32)cc1. The van der Waals surface area contributed by atoms with Crippen LogP contribution in [0, 0.1) is 0 Å². The maximum Gasteiger partial charge on any atom is 0.109 e. The fourth-order valence-corrected chi connectivity index (χ4v) is 17.2. The van der Waals surface area contributed by atoms with Gasteiger partial charge in [-0.25, -0.2) is 9.97 Å². The second kappa shape index (κ2) is 16.6. The molecule has 0 fully saturated rings. The van der Waals surface area contributed by atoms with E-state index in [9.17, 15) is 0 Å². The first kappa shape index (κ1) is 45.4. The topological polar surface area (TPSA) is 25.8 Å². The molecule has 2 nitrogen and oxygen atoms in total. The first-order valence-electron chi connectivity index (χ1n) is 28.8. The smallest absolute Gasteiger partial charge is 0.109 e. The summed E-state index contributed by atoms with van der Waals surface area (Å²) in [6.07, 6.45) is 0. The standard InChI is InChI=1S/C80H46N2S/c1-3-21-47(22-4-1)49-41-43-55-61(45-49)62-46-50(48-23-5-2-6-24-48)42-44-56(62)74-73(55)81-75-76(82-74)78(60-32-20-40-70-72(60)58-30-12-18-38-68(58)80(70)65-35-15-9-27-53(65)54-28-10-16-36-66(54)80)83-77(75)59-31-19-39-69-71(59)57-29-11-17-37-67(57)79(69)63-33-13-7-25-51(63)52-26-8-14-34-64(52)79/h1-46H. The Balaban J connectivity index is 0.950. The molecule has 0 atom stereocenters. The summed E-state index contributed by atoms with van der Waals surface area (Å²) in [5.41, 5.74) is 30.5. The van der Waals surface area contributed by atoms with Gasteiger partial charge in [0.05, 0.1) is 31.6 Å². The van der Waals surface area contributed by atoms with Crippen molar-refractivity contribution in [3.63, 3.8) is 0 Å². The summed E-state index contributed by atoms with van der Waals surface area (Å²) in [7, 11) is 0. The average Bonchev–Trinajstić information content (AvgIpc) is 1.71. The van der Waals surface area contributed by atoms with Gasteiger partial charge in [-0.3, -0.25) is 0 Å². The molecule has 0 N–H and O–H groups in total. The van der Waals surface area contributed by atoms with E-state index in [2.05, 4.69) is 279 Å². The maximum absolute atomic E-state index is 6.12. The van der Waals surface area contributed by atoms with Gasteiger partial charge in [-0.2, -0.15) is 0 Å². The lowest BCUT2D eigenvalue weighted by atomic mass is 9.70. The van der Waals surface area contributed by atoms with E-state index < -0.39 is 10.8 Å². The van der Waals surface area contributed by atoms with Crippen LogP contribution in [-0.2, 0) is 10.8 Å². The summed E-state index contributed by atoms with van der Waals surface area (Å²) < 4.78 is 0. The molecular weight excluding hydrogens is 1020 g/mol. The van der Waals surface area contributed by atoms with Gasteiger partial charge in [-0.1, -0.05) is 267 Å². The van der Waals surface area contributed by atoms with Crippen molar-refractivity contribution in [3.8, 4) is 87.6 Å². The number of aromatic nitrogens is 2. The van der Waals surface area contributed by atoms with Crippen molar-refractivity contribution < 1.29 is 0 Å². The Bertz CT molecular complexity index is 4920. The minimum Gasteiger partial charge on any atom is -0.242 e. The lowest BCUT2D eigenvalue weighted by Gasteiger charge is -2.30. The number of fused-ring (bicyclic) bond motifs is 27. The number of hydrogen-bond acceptors (Lipinski definition) is 3. The van der Waals surface area contributed by atoms with Crippen molar-refractivity contribution in [3.05, 3.63) is 324 Å².